The first-order valence-corrected chi connectivity index (χ1v) is 6.69. The van der Waals surface area contributed by atoms with E-state index >= 15 is 0 Å². The molecule has 0 fully saturated rings. The summed E-state index contributed by atoms with van der Waals surface area (Å²) in [7, 11) is 5.34. The number of nitrogens with zero attached hydrogens (tertiary/aromatic N) is 6. The average molecular weight is 323 g/mol. The predicted molar refractivity (Wildman–Crippen MR) is 83.4 cm³/mol. The minimum absolute atomic E-state index is 0.0451. The Kier molecular flexibility index (Phi) is 4.46. The lowest BCUT2D eigenvalue weighted by molar-refractivity contribution is 0.916. The molecule has 0 aliphatic heterocycles. The zero-order valence-electron chi connectivity index (χ0n) is 11.7. The molecule has 1 aromatic carbocycles. The smallest absolute Gasteiger partial charge is 0.238 e. The first-order valence-electron chi connectivity index (χ1n) is 5.94. The van der Waals surface area contributed by atoms with Gasteiger partial charge in [-0.05, 0) is 18.2 Å². The van der Waals surface area contributed by atoms with Crippen LogP contribution in [0.15, 0.2) is 18.2 Å². The van der Waals surface area contributed by atoms with E-state index in [2.05, 4.69) is 15.0 Å². The number of nitriles is 1. The van der Waals surface area contributed by atoms with Crippen LogP contribution in [-0.4, -0.2) is 36.1 Å². The van der Waals surface area contributed by atoms with Crippen LogP contribution >= 0.6 is 23.2 Å². The van der Waals surface area contributed by atoms with Crippen LogP contribution in [0.4, 0.5) is 17.6 Å². The van der Waals surface area contributed by atoms with Crippen LogP contribution in [-0.2, 0) is 0 Å². The number of anilines is 3. The normalized spacial score (nSPS) is 10.1. The van der Waals surface area contributed by atoms with E-state index in [-0.39, 0.29) is 5.82 Å². The standard InChI is InChI=1S/C13H12Cl2N6/c1-20(2)12-17-11(7-16)18-13(19-12)21(3)10-5-8(14)4-9(15)6-10/h4-6H,1-3H3. The minimum atomic E-state index is 0.0451. The summed E-state index contributed by atoms with van der Waals surface area (Å²) in [6.45, 7) is 0. The second kappa shape index (κ2) is 6.12. The fraction of sp³-hybridized carbons (Fsp3) is 0.231. The second-order valence-electron chi connectivity index (χ2n) is 4.45. The van der Waals surface area contributed by atoms with E-state index in [4.69, 9.17) is 28.5 Å². The van der Waals surface area contributed by atoms with Crippen molar-refractivity contribution >= 4 is 40.8 Å². The van der Waals surface area contributed by atoms with Crippen molar-refractivity contribution in [2.24, 2.45) is 0 Å². The van der Waals surface area contributed by atoms with E-state index in [1.165, 1.54) is 0 Å². The Bertz CT molecular complexity index is 690. The van der Waals surface area contributed by atoms with E-state index < -0.39 is 0 Å². The van der Waals surface area contributed by atoms with Crippen molar-refractivity contribution in [3.8, 4) is 6.07 Å². The van der Waals surface area contributed by atoms with E-state index in [0.29, 0.717) is 27.6 Å². The Morgan fingerprint density at radius 1 is 0.952 bits per heavy atom. The Balaban J connectivity index is 2.49. The van der Waals surface area contributed by atoms with Crippen LogP contribution < -0.4 is 9.80 Å². The summed E-state index contributed by atoms with van der Waals surface area (Å²) in [5.74, 6) is 0.781. The Labute approximate surface area is 132 Å². The molecular weight excluding hydrogens is 311 g/mol. The first kappa shape index (κ1) is 15.3. The summed E-state index contributed by atoms with van der Waals surface area (Å²) in [6, 6.07) is 7.03. The van der Waals surface area contributed by atoms with Gasteiger partial charge in [-0.25, -0.2) is 0 Å². The molecule has 0 saturated carbocycles. The SMILES string of the molecule is CN(C)c1nc(C#N)nc(N(C)c2cc(Cl)cc(Cl)c2)n1. The lowest BCUT2D eigenvalue weighted by Gasteiger charge is -2.19. The molecule has 1 heterocycles. The third-order valence-electron chi connectivity index (χ3n) is 2.65. The summed E-state index contributed by atoms with van der Waals surface area (Å²) in [4.78, 5) is 15.8. The summed E-state index contributed by atoms with van der Waals surface area (Å²) in [6.07, 6.45) is 0. The van der Waals surface area contributed by atoms with Crippen molar-refractivity contribution in [3.05, 3.63) is 34.1 Å². The summed E-state index contributed by atoms with van der Waals surface area (Å²) in [5, 5.41) is 10.0. The van der Waals surface area contributed by atoms with Gasteiger partial charge in [-0.3, -0.25) is 0 Å². The highest BCUT2D eigenvalue weighted by Crippen LogP contribution is 2.28. The molecule has 21 heavy (non-hydrogen) atoms. The van der Waals surface area contributed by atoms with Gasteiger partial charge < -0.3 is 9.80 Å². The van der Waals surface area contributed by atoms with Gasteiger partial charge in [-0.1, -0.05) is 23.2 Å². The maximum absolute atomic E-state index is 9.03. The van der Waals surface area contributed by atoms with Crippen LogP contribution in [0.5, 0.6) is 0 Å². The lowest BCUT2D eigenvalue weighted by atomic mass is 10.3. The molecule has 1 aromatic heterocycles. The third-order valence-corrected chi connectivity index (χ3v) is 3.08. The van der Waals surface area contributed by atoms with Gasteiger partial charge >= 0.3 is 0 Å². The van der Waals surface area contributed by atoms with Crippen molar-refractivity contribution in [1.29, 1.82) is 5.26 Å². The molecule has 108 valence electrons. The van der Waals surface area contributed by atoms with Crippen molar-refractivity contribution in [3.63, 3.8) is 0 Å². The average Bonchev–Trinajstić information content (AvgIpc) is 2.44. The van der Waals surface area contributed by atoms with Crippen LogP contribution in [0, 0.1) is 11.3 Å². The van der Waals surface area contributed by atoms with Crippen molar-refractivity contribution < 1.29 is 0 Å². The van der Waals surface area contributed by atoms with Gasteiger partial charge in [-0.15, -0.1) is 0 Å². The number of rotatable bonds is 3. The molecule has 0 spiro atoms. The molecule has 0 amide bonds. The molecule has 8 heteroatoms. The molecule has 0 unspecified atom stereocenters. The van der Waals surface area contributed by atoms with Gasteiger partial charge in [0.1, 0.15) is 6.07 Å². The van der Waals surface area contributed by atoms with Crippen molar-refractivity contribution in [2.75, 3.05) is 30.9 Å². The van der Waals surface area contributed by atoms with Gasteiger partial charge in [0.2, 0.25) is 17.7 Å². The van der Waals surface area contributed by atoms with E-state index in [1.54, 1.807) is 49.1 Å². The van der Waals surface area contributed by atoms with Crippen LogP contribution in [0.1, 0.15) is 5.82 Å². The Hall–Kier alpha value is -2.10. The predicted octanol–water partition coefficient (Wildman–Crippen LogP) is 2.88. The maximum atomic E-state index is 9.03. The number of benzene rings is 1. The molecule has 2 rings (SSSR count). The molecule has 0 radical (unpaired) electrons. The highest BCUT2D eigenvalue weighted by atomic mass is 35.5. The molecule has 0 atom stereocenters. The molecule has 0 saturated heterocycles. The Morgan fingerprint density at radius 2 is 1.52 bits per heavy atom. The third kappa shape index (κ3) is 3.51. The van der Waals surface area contributed by atoms with Gasteiger partial charge in [0, 0.05) is 36.9 Å². The molecule has 0 aliphatic carbocycles. The van der Waals surface area contributed by atoms with Gasteiger partial charge in [0.25, 0.3) is 0 Å². The van der Waals surface area contributed by atoms with Crippen LogP contribution in [0.2, 0.25) is 10.0 Å². The van der Waals surface area contributed by atoms with E-state index in [9.17, 15) is 0 Å². The van der Waals surface area contributed by atoms with Crippen molar-refractivity contribution in [1.82, 2.24) is 15.0 Å². The van der Waals surface area contributed by atoms with Crippen LogP contribution in [0.25, 0.3) is 0 Å². The monoisotopic (exact) mass is 322 g/mol. The quantitative estimate of drug-likeness (QED) is 0.865. The topological polar surface area (TPSA) is 68.9 Å². The van der Waals surface area contributed by atoms with Crippen molar-refractivity contribution in [2.45, 2.75) is 0 Å². The molecule has 0 aliphatic rings. The molecule has 0 N–H and O–H groups in total. The zero-order valence-corrected chi connectivity index (χ0v) is 13.2. The lowest BCUT2D eigenvalue weighted by Crippen LogP contribution is -2.19. The zero-order chi connectivity index (χ0) is 15.6. The molecule has 0 bridgehead atoms. The fourth-order valence-electron chi connectivity index (χ4n) is 1.60. The number of hydrogen-bond donors (Lipinski definition) is 0. The second-order valence-corrected chi connectivity index (χ2v) is 5.32. The summed E-state index contributed by atoms with van der Waals surface area (Å²) >= 11 is 12.0. The molecular formula is C13H12Cl2N6. The largest absolute Gasteiger partial charge is 0.347 e. The molecule has 2 aromatic rings. The number of halogens is 2. The number of aromatic nitrogens is 3. The summed E-state index contributed by atoms with van der Waals surface area (Å²) < 4.78 is 0. The van der Waals surface area contributed by atoms with E-state index in [0.717, 1.165) is 0 Å². The van der Waals surface area contributed by atoms with Gasteiger partial charge in [-0.2, -0.15) is 20.2 Å². The van der Waals surface area contributed by atoms with Gasteiger partial charge in [0.05, 0.1) is 0 Å². The number of hydrogen-bond acceptors (Lipinski definition) is 6. The maximum Gasteiger partial charge on any atom is 0.238 e. The minimum Gasteiger partial charge on any atom is -0.347 e. The highest BCUT2D eigenvalue weighted by Gasteiger charge is 2.13. The summed E-state index contributed by atoms with van der Waals surface area (Å²) in [5.41, 5.74) is 0.715. The molecule has 6 nitrogen and oxygen atoms in total. The van der Waals surface area contributed by atoms with Crippen LogP contribution in [0.3, 0.4) is 0 Å². The van der Waals surface area contributed by atoms with Gasteiger partial charge in [0.15, 0.2) is 0 Å². The Morgan fingerprint density at radius 3 is 2.05 bits per heavy atom. The fourth-order valence-corrected chi connectivity index (χ4v) is 2.12. The van der Waals surface area contributed by atoms with E-state index in [1.807, 2.05) is 6.07 Å². The first-order chi connectivity index (χ1) is 9.90. The highest BCUT2D eigenvalue weighted by molar-refractivity contribution is 6.35.